The lowest BCUT2D eigenvalue weighted by molar-refractivity contribution is 0.130. The largest absolute Gasteiger partial charge is 0.396 e. The zero-order valence-corrected chi connectivity index (χ0v) is 9.26. The first-order chi connectivity index (χ1) is 7.27. The Balaban J connectivity index is 2.41. The zero-order valence-electron chi connectivity index (χ0n) is 9.26. The Morgan fingerprint density at radius 3 is 2.93 bits per heavy atom. The van der Waals surface area contributed by atoms with Gasteiger partial charge in [0.25, 0.3) is 0 Å². The van der Waals surface area contributed by atoms with Crippen LogP contribution in [0.25, 0.3) is 0 Å². The third-order valence-electron chi connectivity index (χ3n) is 2.40. The Kier molecular flexibility index (Phi) is 5.36. The Hall–Kier alpha value is -0.870. The van der Waals surface area contributed by atoms with Crippen LogP contribution in [0.3, 0.4) is 0 Å². The molecule has 4 heteroatoms. The van der Waals surface area contributed by atoms with Gasteiger partial charge in [0.1, 0.15) is 0 Å². The number of aliphatic hydroxyl groups is 2. The van der Waals surface area contributed by atoms with Gasteiger partial charge in [0.2, 0.25) is 0 Å². The van der Waals surface area contributed by atoms with E-state index in [1.165, 1.54) is 12.8 Å². The SMILES string of the molecule is CCCCCn1ccc([C@@H](O)CCO)n1. The lowest BCUT2D eigenvalue weighted by Gasteiger charge is -2.04. The highest BCUT2D eigenvalue weighted by atomic mass is 16.3. The molecule has 0 aliphatic rings. The van der Waals surface area contributed by atoms with E-state index in [9.17, 15) is 5.11 Å². The van der Waals surface area contributed by atoms with Crippen LogP contribution in [0.15, 0.2) is 12.3 Å². The number of unbranched alkanes of at least 4 members (excludes halogenated alkanes) is 2. The van der Waals surface area contributed by atoms with Gasteiger partial charge in [-0.15, -0.1) is 0 Å². The number of rotatable bonds is 7. The van der Waals surface area contributed by atoms with E-state index in [2.05, 4.69) is 12.0 Å². The number of nitrogens with zero attached hydrogens (tertiary/aromatic N) is 2. The van der Waals surface area contributed by atoms with Crippen LogP contribution in [0.1, 0.15) is 44.4 Å². The van der Waals surface area contributed by atoms with Gasteiger partial charge in [0.15, 0.2) is 0 Å². The van der Waals surface area contributed by atoms with Crippen LogP contribution in [0.2, 0.25) is 0 Å². The second-order valence-corrected chi connectivity index (χ2v) is 3.74. The molecule has 0 fully saturated rings. The first-order valence-corrected chi connectivity index (χ1v) is 5.60. The van der Waals surface area contributed by atoms with Crippen molar-refractivity contribution in [3.05, 3.63) is 18.0 Å². The van der Waals surface area contributed by atoms with E-state index in [-0.39, 0.29) is 6.61 Å². The van der Waals surface area contributed by atoms with Gasteiger partial charge in [0.05, 0.1) is 11.8 Å². The molecule has 1 rings (SSSR count). The zero-order chi connectivity index (χ0) is 11.1. The fraction of sp³-hybridized carbons (Fsp3) is 0.727. The summed E-state index contributed by atoms with van der Waals surface area (Å²) in [6.45, 7) is 3.06. The first-order valence-electron chi connectivity index (χ1n) is 5.60. The predicted molar refractivity (Wildman–Crippen MR) is 58.4 cm³/mol. The number of aryl methyl sites for hydroxylation is 1. The van der Waals surface area contributed by atoms with Crippen molar-refractivity contribution in [3.8, 4) is 0 Å². The van der Waals surface area contributed by atoms with Crippen LogP contribution in [-0.2, 0) is 6.54 Å². The molecule has 1 aromatic rings. The second kappa shape index (κ2) is 6.58. The highest BCUT2D eigenvalue weighted by Crippen LogP contribution is 2.13. The van der Waals surface area contributed by atoms with Crippen LogP contribution in [0.5, 0.6) is 0 Å². The molecule has 0 saturated heterocycles. The highest BCUT2D eigenvalue weighted by molar-refractivity contribution is 5.02. The number of aromatic nitrogens is 2. The van der Waals surface area contributed by atoms with Crippen molar-refractivity contribution < 1.29 is 10.2 Å². The molecule has 1 atom stereocenters. The molecule has 15 heavy (non-hydrogen) atoms. The summed E-state index contributed by atoms with van der Waals surface area (Å²) in [5, 5.41) is 22.5. The minimum atomic E-state index is -0.637. The highest BCUT2D eigenvalue weighted by Gasteiger charge is 2.09. The molecule has 0 bridgehead atoms. The van der Waals surface area contributed by atoms with E-state index in [4.69, 9.17) is 5.11 Å². The average molecular weight is 212 g/mol. The van der Waals surface area contributed by atoms with Gasteiger partial charge < -0.3 is 10.2 Å². The van der Waals surface area contributed by atoms with E-state index in [0.717, 1.165) is 13.0 Å². The molecule has 0 amide bonds. The minimum Gasteiger partial charge on any atom is -0.396 e. The maximum Gasteiger partial charge on any atom is 0.1000 e. The monoisotopic (exact) mass is 212 g/mol. The van der Waals surface area contributed by atoms with Gasteiger partial charge in [-0.2, -0.15) is 5.10 Å². The summed E-state index contributed by atoms with van der Waals surface area (Å²) in [5.74, 6) is 0. The molecule has 0 saturated carbocycles. The van der Waals surface area contributed by atoms with Crippen LogP contribution in [-0.4, -0.2) is 26.6 Å². The minimum absolute atomic E-state index is 0.0101. The molecule has 1 aromatic heterocycles. The third kappa shape index (κ3) is 4.01. The van der Waals surface area contributed by atoms with Crippen molar-refractivity contribution in [3.63, 3.8) is 0 Å². The summed E-state index contributed by atoms with van der Waals surface area (Å²) in [4.78, 5) is 0. The van der Waals surface area contributed by atoms with Crippen molar-refractivity contribution in [2.24, 2.45) is 0 Å². The number of hydrogen-bond acceptors (Lipinski definition) is 3. The fourth-order valence-electron chi connectivity index (χ4n) is 1.47. The number of aliphatic hydroxyl groups excluding tert-OH is 2. The molecule has 0 radical (unpaired) electrons. The summed E-state index contributed by atoms with van der Waals surface area (Å²) in [6, 6.07) is 1.81. The fourth-order valence-corrected chi connectivity index (χ4v) is 1.47. The average Bonchev–Trinajstić information content (AvgIpc) is 2.67. The third-order valence-corrected chi connectivity index (χ3v) is 2.40. The maximum atomic E-state index is 9.57. The molecule has 86 valence electrons. The summed E-state index contributed by atoms with van der Waals surface area (Å²) < 4.78 is 1.85. The topological polar surface area (TPSA) is 58.3 Å². The van der Waals surface area contributed by atoms with Crippen molar-refractivity contribution >= 4 is 0 Å². The molecule has 0 unspecified atom stereocenters. The maximum absolute atomic E-state index is 9.57. The van der Waals surface area contributed by atoms with Crippen molar-refractivity contribution in [1.29, 1.82) is 0 Å². The Morgan fingerprint density at radius 1 is 1.47 bits per heavy atom. The van der Waals surface area contributed by atoms with Crippen LogP contribution in [0.4, 0.5) is 0 Å². The van der Waals surface area contributed by atoms with Crippen LogP contribution >= 0.6 is 0 Å². The molecule has 0 aliphatic carbocycles. The molecule has 0 aliphatic heterocycles. The van der Waals surface area contributed by atoms with E-state index < -0.39 is 6.10 Å². The van der Waals surface area contributed by atoms with Crippen molar-refractivity contribution in [1.82, 2.24) is 9.78 Å². The Labute approximate surface area is 90.5 Å². The predicted octanol–water partition coefficient (Wildman–Crippen LogP) is 1.49. The molecular weight excluding hydrogens is 192 g/mol. The van der Waals surface area contributed by atoms with Crippen LogP contribution < -0.4 is 0 Å². The first kappa shape index (κ1) is 12.2. The van der Waals surface area contributed by atoms with Crippen molar-refractivity contribution in [2.75, 3.05) is 6.61 Å². The van der Waals surface area contributed by atoms with Gasteiger partial charge in [-0.25, -0.2) is 0 Å². The normalized spacial score (nSPS) is 13.0. The molecule has 1 heterocycles. The van der Waals surface area contributed by atoms with E-state index in [1.807, 2.05) is 16.9 Å². The molecule has 0 spiro atoms. The van der Waals surface area contributed by atoms with Gasteiger partial charge in [-0.3, -0.25) is 4.68 Å². The summed E-state index contributed by atoms with van der Waals surface area (Å²) in [7, 11) is 0. The smallest absolute Gasteiger partial charge is 0.1000 e. The van der Waals surface area contributed by atoms with Crippen molar-refractivity contribution in [2.45, 2.75) is 45.3 Å². The standard InChI is InChI=1S/C11H20N2O2/c1-2-3-4-7-13-8-5-10(12-13)11(15)6-9-14/h5,8,11,14-15H,2-4,6-7,9H2,1H3/t11-/m0/s1. The van der Waals surface area contributed by atoms with Gasteiger partial charge in [-0.05, 0) is 12.5 Å². The molecule has 0 aromatic carbocycles. The van der Waals surface area contributed by atoms with E-state index in [1.54, 1.807) is 0 Å². The lowest BCUT2D eigenvalue weighted by Crippen LogP contribution is -2.04. The van der Waals surface area contributed by atoms with Gasteiger partial charge >= 0.3 is 0 Å². The lowest BCUT2D eigenvalue weighted by atomic mass is 10.2. The van der Waals surface area contributed by atoms with E-state index >= 15 is 0 Å². The molecular formula is C11H20N2O2. The quantitative estimate of drug-likeness (QED) is 0.673. The summed E-state index contributed by atoms with van der Waals surface area (Å²) in [6.07, 6.45) is 5.11. The Bertz CT molecular complexity index is 273. The van der Waals surface area contributed by atoms with E-state index in [0.29, 0.717) is 12.1 Å². The van der Waals surface area contributed by atoms with Gasteiger partial charge in [-0.1, -0.05) is 19.8 Å². The Morgan fingerprint density at radius 2 is 2.27 bits per heavy atom. The second-order valence-electron chi connectivity index (χ2n) is 3.74. The van der Waals surface area contributed by atoms with Crippen LogP contribution in [0, 0.1) is 0 Å². The molecule has 2 N–H and O–H groups in total. The van der Waals surface area contributed by atoms with Gasteiger partial charge in [0, 0.05) is 25.8 Å². The summed E-state index contributed by atoms with van der Waals surface area (Å²) in [5.41, 5.74) is 0.653. The summed E-state index contributed by atoms with van der Waals surface area (Å²) >= 11 is 0. The number of hydrogen-bond donors (Lipinski definition) is 2. The molecule has 4 nitrogen and oxygen atoms in total.